The van der Waals surface area contributed by atoms with Crippen LogP contribution < -0.4 is 35.0 Å². The summed E-state index contributed by atoms with van der Waals surface area (Å²) in [6.07, 6.45) is 1.49. The normalized spacial score (nSPS) is 14.3. The zero-order valence-electron chi connectivity index (χ0n) is 26.5. The highest BCUT2D eigenvalue weighted by Gasteiger charge is 2.32. The standard InChI is InChI=1S/C34H38N4O8/c1-6-43-29-16-24(12-14-27(29)45-19-23-10-8-21(3)9-11-23)18-35-38-30(39)20-46-26-15-13-25(17-28(26)42-5)32-31(33(40)44-7-2)22(4)36-34(41)37-32/h8-18,32H,6-7,19-20H2,1-5H3,(H,38,39)(H2,36,37,41)/b35-18-/t32-/m0/s1. The third-order valence-electron chi connectivity index (χ3n) is 6.83. The third kappa shape index (κ3) is 8.78. The lowest BCUT2D eigenvalue weighted by Gasteiger charge is -2.28. The number of aryl methyl sites for hydroxylation is 1. The number of nitrogens with one attached hydrogen (secondary N) is 3. The van der Waals surface area contributed by atoms with Crippen molar-refractivity contribution in [3.63, 3.8) is 0 Å². The van der Waals surface area contributed by atoms with Crippen molar-refractivity contribution in [3.05, 3.63) is 94.2 Å². The molecule has 242 valence electrons. The zero-order chi connectivity index (χ0) is 33.1. The number of hydrazone groups is 1. The molecule has 0 spiro atoms. The number of esters is 1. The van der Waals surface area contributed by atoms with Gasteiger partial charge in [0.25, 0.3) is 5.91 Å². The first kappa shape index (κ1) is 33.4. The first-order valence-corrected chi connectivity index (χ1v) is 14.8. The van der Waals surface area contributed by atoms with E-state index < -0.39 is 23.9 Å². The van der Waals surface area contributed by atoms with E-state index in [1.165, 1.54) is 18.9 Å². The smallest absolute Gasteiger partial charge is 0.338 e. The summed E-state index contributed by atoms with van der Waals surface area (Å²) in [5, 5.41) is 9.37. The van der Waals surface area contributed by atoms with Gasteiger partial charge in [0.15, 0.2) is 29.6 Å². The van der Waals surface area contributed by atoms with Crippen molar-refractivity contribution in [1.29, 1.82) is 0 Å². The quantitative estimate of drug-likeness (QED) is 0.132. The van der Waals surface area contributed by atoms with E-state index in [4.69, 9.17) is 23.7 Å². The summed E-state index contributed by atoms with van der Waals surface area (Å²) in [5.41, 5.74) is 6.58. The molecular formula is C34H38N4O8. The van der Waals surface area contributed by atoms with Gasteiger partial charge in [-0.2, -0.15) is 5.10 Å². The minimum Gasteiger partial charge on any atom is -0.493 e. The molecule has 12 nitrogen and oxygen atoms in total. The van der Waals surface area contributed by atoms with E-state index >= 15 is 0 Å². The monoisotopic (exact) mass is 630 g/mol. The summed E-state index contributed by atoms with van der Waals surface area (Å²) in [5.74, 6) is 0.697. The lowest BCUT2D eigenvalue weighted by atomic mass is 9.95. The van der Waals surface area contributed by atoms with Crippen LogP contribution in [0, 0.1) is 6.92 Å². The van der Waals surface area contributed by atoms with Gasteiger partial charge in [0, 0.05) is 5.70 Å². The molecule has 3 N–H and O–H groups in total. The maximum atomic E-state index is 12.6. The summed E-state index contributed by atoms with van der Waals surface area (Å²) in [7, 11) is 1.44. The van der Waals surface area contributed by atoms with Gasteiger partial charge in [-0.3, -0.25) is 4.79 Å². The van der Waals surface area contributed by atoms with Gasteiger partial charge in [-0.25, -0.2) is 15.0 Å². The Morgan fingerprint density at radius 2 is 1.63 bits per heavy atom. The number of urea groups is 1. The average Bonchev–Trinajstić information content (AvgIpc) is 3.04. The van der Waals surface area contributed by atoms with Crippen LogP contribution in [0.2, 0.25) is 0 Å². The highest BCUT2D eigenvalue weighted by Crippen LogP contribution is 2.34. The van der Waals surface area contributed by atoms with Crippen LogP contribution in [-0.4, -0.2) is 51.1 Å². The molecule has 46 heavy (non-hydrogen) atoms. The molecule has 3 aromatic rings. The number of allylic oxidation sites excluding steroid dienone is 1. The second kappa shape index (κ2) is 16.0. The summed E-state index contributed by atoms with van der Waals surface area (Å²) in [6, 6.07) is 17.1. The predicted molar refractivity (Wildman–Crippen MR) is 171 cm³/mol. The summed E-state index contributed by atoms with van der Waals surface area (Å²) in [6.45, 7) is 7.94. The van der Waals surface area contributed by atoms with Crippen LogP contribution in [0.1, 0.15) is 49.1 Å². The van der Waals surface area contributed by atoms with E-state index in [-0.39, 0.29) is 24.5 Å². The Balaban J connectivity index is 1.36. The maximum Gasteiger partial charge on any atom is 0.338 e. The molecule has 0 saturated heterocycles. The van der Waals surface area contributed by atoms with Crippen LogP contribution in [0.25, 0.3) is 0 Å². The molecule has 3 aromatic carbocycles. The number of ether oxygens (including phenoxy) is 5. The van der Waals surface area contributed by atoms with E-state index in [0.717, 1.165) is 5.56 Å². The largest absolute Gasteiger partial charge is 0.493 e. The lowest BCUT2D eigenvalue weighted by molar-refractivity contribution is -0.139. The molecule has 0 aromatic heterocycles. The Morgan fingerprint density at radius 3 is 2.35 bits per heavy atom. The van der Waals surface area contributed by atoms with Crippen molar-refractivity contribution in [2.45, 2.75) is 40.3 Å². The molecule has 3 amide bonds. The van der Waals surface area contributed by atoms with Crippen LogP contribution in [0.3, 0.4) is 0 Å². The highest BCUT2D eigenvalue weighted by atomic mass is 16.5. The predicted octanol–water partition coefficient (Wildman–Crippen LogP) is 4.70. The van der Waals surface area contributed by atoms with Crippen LogP contribution in [-0.2, 0) is 20.9 Å². The van der Waals surface area contributed by atoms with Crippen LogP contribution in [0.4, 0.5) is 4.79 Å². The molecule has 1 aliphatic rings. The van der Waals surface area contributed by atoms with Gasteiger partial charge in [0.2, 0.25) is 0 Å². The molecule has 12 heteroatoms. The van der Waals surface area contributed by atoms with Gasteiger partial charge >= 0.3 is 12.0 Å². The van der Waals surface area contributed by atoms with Crippen molar-refractivity contribution in [2.24, 2.45) is 5.10 Å². The number of rotatable bonds is 14. The molecule has 0 saturated carbocycles. The summed E-state index contributed by atoms with van der Waals surface area (Å²) in [4.78, 5) is 37.3. The molecule has 0 bridgehead atoms. The summed E-state index contributed by atoms with van der Waals surface area (Å²) >= 11 is 0. The highest BCUT2D eigenvalue weighted by molar-refractivity contribution is 5.95. The van der Waals surface area contributed by atoms with Crippen LogP contribution >= 0.6 is 0 Å². The Kier molecular flexibility index (Phi) is 11.6. The van der Waals surface area contributed by atoms with Crippen molar-refractivity contribution in [3.8, 4) is 23.0 Å². The molecule has 0 aliphatic carbocycles. The fourth-order valence-corrected chi connectivity index (χ4v) is 4.60. The SMILES string of the molecule is CCOC(=O)C1=C(C)NC(=O)N[C@H]1c1ccc(OCC(=O)N/N=C\c2ccc(OCc3ccc(C)cc3)c(OCC)c2)c(OC)c1. The first-order chi connectivity index (χ1) is 22.2. The van der Waals surface area contributed by atoms with Crippen LogP contribution in [0.15, 0.2) is 77.0 Å². The molecule has 4 rings (SSSR count). The Bertz CT molecular complexity index is 1620. The molecule has 0 fully saturated rings. The topological polar surface area (TPSA) is 146 Å². The second-order valence-corrected chi connectivity index (χ2v) is 10.2. The van der Waals surface area contributed by atoms with E-state index in [0.29, 0.717) is 47.3 Å². The van der Waals surface area contributed by atoms with E-state index in [1.54, 1.807) is 50.2 Å². The van der Waals surface area contributed by atoms with Gasteiger partial charge in [-0.1, -0.05) is 35.9 Å². The van der Waals surface area contributed by atoms with Crippen molar-refractivity contribution in [1.82, 2.24) is 16.1 Å². The number of amides is 3. The number of hydrogen-bond donors (Lipinski definition) is 3. The Morgan fingerprint density at radius 1 is 0.891 bits per heavy atom. The molecule has 1 heterocycles. The molecule has 1 atom stereocenters. The van der Waals surface area contributed by atoms with Gasteiger partial charge in [-0.05, 0) is 74.7 Å². The zero-order valence-corrected chi connectivity index (χ0v) is 26.5. The van der Waals surface area contributed by atoms with E-state index in [1.807, 2.05) is 38.1 Å². The lowest BCUT2D eigenvalue weighted by Crippen LogP contribution is -2.45. The first-order valence-electron chi connectivity index (χ1n) is 14.8. The number of methoxy groups -OCH3 is 1. The van der Waals surface area contributed by atoms with Crippen molar-refractivity contribution < 1.29 is 38.1 Å². The van der Waals surface area contributed by atoms with E-state index in [2.05, 4.69) is 21.2 Å². The Hall–Kier alpha value is -5.52. The third-order valence-corrected chi connectivity index (χ3v) is 6.83. The maximum absolute atomic E-state index is 12.6. The number of nitrogens with zero attached hydrogens (tertiary/aromatic N) is 1. The van der Waals surface area contributed by atoms with Gasteiger partial charge in [0.1, 0.15) is 6.61 Å². The van der Waals surface area contributed by atoms with E-state index in [9.17, 15) is 14.4 Å². The van der Waals surface area contributed by atoms with Crippen molar-refractivity contribution in [2.75, 3.05) is 26.9 Å². The van der Waals surface area contributed by atoms with Gasteiger partial charge in [-0.15, -0.1) is 0 Å². The molecule has 1 aliphatic heterocycles. The van der Waals surface area contributed by atoms with Gasteiger partial charge in [0.05, 0.1) is 38.2 Å². The van der Waals surface area contributed by atoms with Crippen molar-refractivity contribution >= 4 is 24.1 Å². The summed E-state index contributed by atoms with van der Waals surface area (Å²) < 4.78 is 28.0. The average molecular weight is 631 g/mol. The minimum atomic E-state index is -0.773. The number of hydrogen-bond acceptors (Lipinski definition) is 9. The fourth-order valence-electron chi connectivity index (χ4n) is 4.60. The molecular weight excluding hydrogens is 592 g/mol. The minimum absolute atomic E-state index is 0.184. The van der Waals surface area contributed by atoms with Gasteiger partial charge < -0.3 is 34.3 Å². The number of carbonyl (C=O) groups is 3. The fraction of sp³-hybridized carbons (Fsp3) is 0.294. The molecule has 0 radical (unpaired) electrons. The number of benzene rings is 3. The number of carbonyl (C=O) groups excluding carboxylic acids is 3. The van der Waals surface area contributed by atoms with Crippen LogP contribution in [0.5, 0.6) is 23.0 Å². The Labute approximate surface area is 267 Å². The second-order valence-electron chi connectivity index (χ2n) is 10.2. The molecule has 0 unspecified atom stereocenters.